The molecule has 1 fully saturated rings. The molecular weight excluding hydrogens is 192 g/mol. The van der Waals surface area contributed by atoms with E-state index in [0.717, 1.165) is 17.8 Å². The van der Waals surface area contributed by atoms with Crippen LogP contribution in [0, 0.1) is 17.8 Å². The average molecular weight is 224 g/mol. The Morgan fingerprint density at radius 2 is 1.56 bits per heavy atom. The summed E-state index contributed by atoms with van der Waals surface area (Å²) in [5.41, 5.74) is 0. The van der Waals surface area contributed by atoms with E-state index in [2.05, 4.69) is 20.8 Å². The molecule has 0 amide bonds. The highest BCUT2D eigenvalue weighted by Crippen LogP contribution is 2.35. The van der Waals surface area contributed by atoms with E-state index in [0.29, 0.717) is 0 Å². The van der Waals surface area contributed by atoms with Gasteiger partial charge in [-0.2, -0.15) is 0 Å². The van der Waals surface area contributed by atoms with Crippen molar-refractivity contribution in [1.29, 1.82) is 0 Å². The highest BCUT2D eigenvalue weighted by atomic mass is 14.3. The molecule has 0 aromatic carbocycles. The zero-order chi connectivity index (χ0) is 11.8. The second-order valence-corrected chi connectivity index (χ2v) is 6.20. The van der Waals surface area contributed by atoms with E-state index in [1.54, 1.807) is 0 Å². The molecule has 1 saturated carbocycles. The predicted molar refractivity (Wildman–Crippen MR) is 73.7 cm³/mol. The van der Waals surface area contributed by atoms with Crippen LogP contribution in [0.2, 0.25) is 0 Å². The Morgan fingerprint density at radius 3 is 2.12 bits per heavy atom. The maximum Gasteiger partial charge on any atom is -0.0388 e. The van der Waals surface area contributed by atoms with Gasteiger partial charge in [0.05, 0.1) is 0 Å². The summed E-state index contributed by atoms with van der Waals surface area (Å²) in [5, 5.41) is 0. The molecule has 16 heavy (non-hydrogen) atoms. The Balaban J connectivity index is 1.90. The Bertz CT molecular complexity index is 157. The third kappa shape index (κ3) is 5.37. The maximum atomic E-state index is 2.48. The third-order valence-corrected chi connectivity index (χ3v) is 4.61. The van der Waals surface area contributed by atoms with Gasteiger partial charge in [-0.05, 0) is 17.8 Å². The summed E-state index contributed by atoms with van der Waals surface area (Å²) < 4.78 is 0. The van der Waals surface area contributed by atoms with E-state index in [4.69, 9.17) is 0 Å². The van der Waals surface area contributed by atoms with Crippen molar-refractivity contribution in [1.82, 2.24) is 0 Å². The molecule has 0 aromatic heterocycles. The molecule has 2 unspecified atom stereocenters. The van der Waals surface area contributed by atoms with Crippen molar-refractivity contribution in [3.05, 3.63) is 0 Å². The summed E-state index contributed by atoms with van der Waals surface area (Å²) in [6.07, 6.45) is 14.7. The van der Waals surface area contributed by atoms with Crippen molar-refractivity contribution in [3.63, 3.8) is 0 Å². The first-order valence-corrected chi connectivity index (χ1v) is 7.74. The van der Waals surface area contributed by atoms with Gasteiger partial charge in [-0.25, -0.2) is 0 Å². The molecule has 0 nitrogen and oxygen atoms in total. The lowest BCUT2D eigenvalue weighted by atomic mass is 9.75. The average Bonchev–Trinajstić information content (AvgIpc) is 2.19. The van der Waals surface area contributed by atoms with Crippen LogP contribution in [0.1, 0.15) is 85.0 Å². The largest absolute Gasteiger partial charge is 0.0654 e. The fraction of sp³-hybridized carbons (Fsp3) is 1.00. The quantitative estimate of drug-likeness (QED) is 0.434. The van der Waals surface area contributed by atoms with Crippen LogP contribution in [0.25, 0.3) is 0 Å². The highest BCUT2D eigenvalue weighted by Gasteiger charge is 2.23. The van der Waals surface area contributed by atoms with Crippen LogP contribution in [-0.2, 0) is 0 Å². The smallest absolute Gasteiger partial charge is 0.0388 e. The molecule has 0 heterocycles. The van der Waals surface area contributed by atoms with Crippen LogP contribution in [0.15, 0.2) is 0 Å². The van der Waals surface area contributed by atoms with Gasteiger partial charge in [0.2, 0.25) is 0 Å². The molecule has 0 aromatic rings. The Labute approximate surface area is 103 Å². The molecule has 1 aliphatic rings. The van der Waals surface area contributed by atoms with Gasteiger partial charge in [0, 0.05) is 0 Å². The molecule has 0 saturated heterocycles. The topological polar surface area (TPSA) is 0 Å². The second-order valence-electron chi connectivity index (χ2n) is 6.20. The Hall–Kier alpha value is 0. The summed E-state index contributed by atoms with van der Waals surface area (Å²) in [6, 6.07) is 0. The minimum atomic E-state index is 0.971. The lowest BCUT2D eigenvalue weighted by Gasteiger charge is -2.31. The van der Waals surface area contributed by atoms with E-state index < -0.39 is 0 Å². The SMILES string of the molecule is CCCCC(C)CCCCC(C)C1CCC1. The van der Waals surface area contributed by atoms with E-state index in [1.165, 1.54) is 64.2 Å². The number of unbranched alkanes of at least 4 members (excludes halogenated alkanes) is 2. The van der Waals surface area contributed by atoms with Gasteiger partial charge in [0.15, 0.2) is 0 Å². The van der Waals surface area contributed by atoms with Crippen LogP contribution in [-0.4, -0.2) is 0 Å². The maximum absolute atomic E-state index is 2.48. The molecule has 1 rings (SSSR count). The summed E-state index contributed by atoms with van der Waals surface area (Å²) in [4.78, 5) is 0. The molecule has 0 heteroatoms. The minimum Gasteiger partial charge on any atom is -0.0654 e. The molecule has 0 N–H and O–H groups in total. The second kappa shape index (κ2) is 8.14. The summed E-state index contributed by atoms with van der Waals surface area (Å²) in [6.45, 7) is 7.21. The third-order valence-electron chi connectivity index (χ3n) is 4.61. The van der Waals surface area contributed by atoms with Gasteiger partial charge < -0.3 is 0 Å². The van der Waals surface area contributed by atoms with Gasteiger partial charge in [0.1, 0.15) is 0 Å². The number of hydrogen-bond acceptors (Lipinski definition) is 0. The van der Waals surface area contributed by atoms with Crippen molar-refractivity contribution < 1.29 is 0 Å². The standard InChI is InChI=1S/C16H32/c1-4-5-9-14(2)10-6-7-11-15(3)16-12-8-13-16/h14-16H,4-13H2,1-3H3. The minimum absolute atomic E-state index is 0.971. The summed E-state index contributed by atoms with van der Waals surface area (Å²) >= 11 is 0. The predicted octanol–water partition coefficient (Wildman–Crippen LogP) is 5.81. The highest BCUT2D eigenvalue weighted by molar-refractivity contribution is 4.74. The molecule has 0 bridgehead atoms. The van der Waals surface area contributed by atoms with Gasteiger partial charge in [-0.1, -0.05) is 85.0 Å². The Kier molecular flexibility index (Phi) is 7.16. The zero-order valence-electron chi connectivity index (χ0n) is 11.8. The zero-order valence-corrected chi connectivity index (χ0v) is 11.8. The van der Waals surface area contributed by atoms with Crippen LogP contribution in [0.4, 0.5) is 0 Å². The number of hydrogen-bond donors (Lipinski definition) is 0. The molecule has 1 aliphatic carbocycles. The molecule has 0 spiro atoms. The van der Waals surface area contributed by atoms with Crippen LogP contribution >= 0.6 is 0 Å². The van der Waals surface area contributed by atoms with Crippen molar-refractivity contribution in [3.8, 4) is 0 Å². The van der Waals surface area contributed by atoms with Crippen molar-refractivity contribution >= 4 is 0 Å². The van der Waals surface area contributed by atoms with Crippen molar-refractivity contribution in [2.45, 2.75) is 85.0 Å². The summed E-state index contributed by atoms with van der Waals surface area (Å²) in [7, 11) is 0. The monoisotopic (exact) mass is 224 g/mol. The van der Waals surface area contributed by atoms with E-state index in [-0.39, 0.29) is 0 Å². The van der Waals surface area contributed by atoms with Gasteiger partial charge in [-0.3, -0.25) is 0 Å². The first-order chi connectivity index (χ1) is 7.74. The first-order valence-electron chi connectivity index (χ1n) is 7.74. The van der Waals surface area contributed by atoms with Gasteiger partial charge in [-0.15, -0.1) is 0 Å². The van der Waals surface area contributed by atoms with Crippen LogP contribution in [0.5, 0.6) is 0 Å². The molecule has 0 aliphatic heterocycles. The van der Waals surface area contributed by atoms with Crippen molar-refractivity contribution in [2.75, 3.05) is 0 Å². The molecule has 2 atom stereocenters. The lowest BCUT2D eigenvalue weighted by Crippen LogP contribution is -2.19. The molecule has 96 valence electrons. The fourth-order valence-corrected chi connectivity index (χ4v) is 2.90. The number of rotatable bonds is 9. The fourth-order valence-electron chi connectivity index (χ4n) is 2.90. The van der Waals surface area contributed by atoms with Gasteiger partial charge >= 0.3 is 0 Å². The van der Waals surface area contributed by atoms with E-state index in [1.807, 2.05) is 0 Å². The van der Waals surface area contributed by atoms with Gasteiger partial charge in [0.25, 0.3) is 0 Å². The molecule has 0 radical (unpaired) electrons. The Morgan fingerprint density at radius 1 is 0.938 bits per heavy atom. The normalized spacial score (nSPS) is 20.4. The van der Waals surface area contributed by atoms with Crippen LogP contribution in [0.3, 0.4) is 0 Å². The van der Waals surface area contributed by atoms with E-state index in [9.17, 15) is 0 Å². The van der Waals surface area contributed by atoms with Crippen LogP contribution < -0.4 is 0 Å². The summed E-state index contributed by atoms with van der Waals surface area (Å²) in [5.74, 6) is 3.08. The first kappa shape index (κ1) is 14.1. The molecular formula is C16H32. The van der Waals surface area contributed by atoms with E-state index >= 15 is 0 Å². The van der Waals surface area contributed by atoms with Crippen molar-refractivity contribution in [2.24, 2.45) is 17.8 Å². The lowest BCUT2D eigenvalue weighted by molar-refractivity contribution is 0.206.